The second kappa shape index (κ2) is 7.90. The molecule has 3 aromatic rings. The van der Waals surface area contributed by atoms with Gasteiger partial charge in [-0.1, -0.05) is 42.1 Å². The molecule has 0 saturated carbocycles. The van der Waals surface area contributed by atoms with Crippen LogP contribution in [0.25, 0.3) is 10.9 Å². The minimum Gasteiger partial charge on any atom is -0.485 e. The zero-order chi connectivity index (χ0) is 19.5. The Balaban J connectivity index is 1.34. The molecule has 1 N–H and O–H groups in total. The van der Waals surface area contributed by atoms with Crippen LogP contribution in [0.2, 0.25) is 0 Å². The minimum atomic E-state index is -0.857. The lowest BCUT2D eigenvalue weighted by molar-refractivity contribution is -0.135. The lowest BCUT2D eigenvalue weighted by Gasteiger charge is -2.25. The third-order valence-corrected chi connectivity index (χ3v) is 5.23. The Labute approximate surface area is 166 Å². The summed E-state index contributed by atoms with van der Waals surface area (Å²) in [5.41, 5.74) is 1.98. The first-order valence-electron chi connectivity index (χ1n) is 8.81. The number of thioether (sulfide) groups is 1. The van der Waals surface area contributed by atoms with Gasteiger partial charge in [-0.25, -0.2) is 4.98 Å². The van der Waals surface area contributed by atoms with Gasteiger partial charge in [0.1, 0.15) is 6.61 Å². The first-order chi connectivity index (χ1) is 13.6. The molecule has 7 heteroatoms. The first-order valence-corrected chi connectivity index (χ1v) is 9.80. The van der Waals surface area contributed by atoms with Crippen LogP contribution in [-0.2, 0) is 9.59 Å². The Kier molecular flexibility index (Phi) is 5.16. The van der Waals surface area contributed by atoms with Gasteiger partial charge >= 0.3 is 0 Å². The summed E-state index contributed by atoms with van der Waals surface area (Å²) in [6, 6.07) is 16.9. The van der Waals surface area contributed by atoms with Crippen LogP contribution >= 0.6 is 11.8 Å². The maximum atomic E-state index is 12.3. The van der Waals surface area contributed by atoms with Crippen LogP contribution in [0.15, 0.2) is 59.6 Å². The zero-order valence-electron chi connectivity index (χ0n) is 15.2. The van der Waals surface area contributed by atoms with Gasteiger partial charge in [0, 0.05) is 5.39 Å². The summed E-state index contributed by atoms with van der Waals surface area (Å²) in [6.45, 7) is 2.07. The lowest BCUT2D eigenvalue weighted by Crippen LogP contribution is -2.46. The van der Waals surface area contributed by atoms with E-state index in [0.29, 0.717) is 11.5 Å². The van der Waals surface area contributed by atoms with Gasteiger partial charge in [-0.2, -0.15) is 0 Å². The number of nitrogens with zero attached hydrogens (tertiary/aromatic N) is 1. The summed E-state index contributed by atoms with van der Waals surface area (Å²) >= 11 is 1.29. The number of rotatable bonds is 4. The third-order valence-electron chi connectivity index (χ3n) is 4.31. The van der Waals surface area contributed by atoms with E-state index in [4.69, 9.17) is 9.47 Å². The van der Waals surface area contributed by atoms with Crippen molar-refractivity contribution < 1.29 is 19.1 Å². The number of pyridine rings is 1. The molecule has 2 heterocycles. The van der Waals surface area contributed by atoms with Gasteiger partial charge in [0.05, 0.1) is 16.3 Å². The van der Waals surface area contributed by atoms with Crippen molar-refractivity contribution >= 4 is 34.5 Å². The molecule has 1 atom stereocenters. The van der Waals surface area contributed by atoms with Gasteiger partial charge in [-0.15, -0.1) is 0 Å². The van der Waals surface area contributed by atoms with Gasteiger partial charge in [0.2, 0.25) is 12.0 Å². The van der Waals surface area contributed by atoms with Crippen LogP contribution in [-0.4, -0.2) is 35.3 Å². The Morgan fingerprint density at radius 3 is 2.75 bits per heavy atom. The van der Waals surface area contributed by atoms with Gasteiger partial charge in [0.15, 0.2) is 11.5 Å². The summed E-state index contributed by atoms with van der Waals surface area (Å²) < 4.78 is 11.1. The Hall–Kier alpha value is -3.06. The molecule has 0 spiro atoms. The van der Waals surface area contributed by atoms with Gasteiger partial charge < -0.3 is 9.47 Å². The van der Waals surface area contributed by atoms with E-state index in [1.54, 1.807) is 18.2 Å². The Morgan fingerprint density at radius 1 is 1.14 bits per heavy atom. The molecule has 0 aliphatic carbocycles. The number of aryl methyl sites for hydroxylation is 1. The molecule has 6 nitrogen and oxygen atoms in total. The number of carbonyl (C=O) groups excluding carboxylic acids is 2. The number of aromatic nitrogens is 1. The van der Waals surface area contributed by atoms with Gasteiger partial charge in [-0.05, 0) is 36.8 Å². The number of amides is 2. The average molecular weight is 394 g/mol. The molecule has 2 aromatic carbocycles. The lowest BCUT2D eigenvalue weighted by atomic mass is 10.1. The second-order valence-corrected chi connectivity index (χ2v) is 7.36. The highest BCUT2D eigenvalue weighted by Gasteiger charge is 2.28. The molecule has 4 rings (SSSR count). The van der Waals surface area contributed by atoms with Crippen molar-refractivity contribution in [3.8, 4) is 11.5 Å². The monoisotopic (exact) mass is 394 g/mol. The molecule has 0 bridgehead atoms. The van der Waals surface area contributed by atoms with Crippen molar-refractivity contribution in [3.63, 3.8) is 0 Å². The van der Waals surface area contributed by atoms with Crippen LogP contribution in [0.4, 0.5) is 0 Å². The normalized spacial score (nSPS) is 15.2. The number of para-hydroxylation sites is 3. The minimum absolute atomic E-state index is 0.0642. The summed E-state index contributed by atoms with van der Waals surface area (Å²) in [7, 11) is 0. The molecule has 0 unspecified atom stereocenters. The second-order valence-electron chi connectivity index (χ2n) is 6.36. The molecule has 2 amide bonds. The standard InChI is InChI=1S/C21H18N2O4S/c1-13-10-20(22-15-7-3-2-6-14(13)15)28-12-19(24)23-21(25)18-11-26-16-8-4-5-9-17(16)27-18/h2-10,18H,11-12H2,1H3,(H,23,24,25)/t18-/m1/s1. The molecule has 28 heavy (non-hydrogen) atoms. The van der Waals surface area contributed by atoms with E-state index < -0.39 is 17.9 Å². The van der Waals surface area contributed by atoms with E-state index in [1.165, 1.54) is 11.8 Å². The molecule has 0 radical (unpaired) electrons. The predicted molar refractivity (Wildman–Crippen MR) is 107 cm³/mol. The number of benzene rings is 2. The maximum absolute atomic E-state index is 12.3. The largest absolute Gasteiger partial charge is 0.485 e. The van der Waals surface area contributed by atoms with Gasteiger partial charge in [-0.3, -0.25) is 14.9 Å². The molecule has 1 aliphatic heterocycles. The van der Waals surface area contributed by atoms with Crippen LogP contribution < -0.4 is 14.8 Å². The molecular formula is C21H18N2O4S. The van der Waals surface area contributed by atoms with E-state index in [2.05, 4.69) is 10.3 Å². The SMILES string of the molecule is Cc1cc(SCC(=O)NC(=O)[C@H]2COc3ccccc3O2)nc2ccccc12. The number of hydrogen-bond acceptors (Lipinski definition) is 6. The molecule has 1 aromatic heterocycles. The topological polar surface area (TPSA) is 77.5 Å². The predicted octanol–water partition coefficient (Wildman–Crippen LogP) is 3.12. The zero-order valence-corrected chi connectivity index (χ0v) is 16.0. The molecular weight excluding hydrogens is 376 g/mol. The smallest absolute Gasteiger partial charge is 0.271 e. The van der Waals surface area contributed by atoms with E-state index in [1.807, 2.05) is 43.3 Å². The van der Waals surface area contributed by atoms with Crippen LogP contribution in [0, 0.1) is 6.92 Å². The number of fused-ring (bicyclic) bond motifs is 2. The van der Waals surface area contributed by atoms with Crippen molar-refractivity contribution in [1.82, 2.24) is 10.3 Å². The Bertz CT molecular complexity index is 1050. The molecule has 142 valence electrons. The fraction of sp³-hybridized carbons (Fsp3) is 0.190. The fourth-order valence-corrected chi connectivity index (χ4v) is 3.71. The Morgan fingerprint density at radius 2 is 1.89 bits per heavy atom. The summed E-state index contributed by atoms with van der Waals surface area (Å²) in [4.78, 5) is 29.0. The van der Waals surface area contributed by atoms with Crippen molar-refractivity contribution in [2.45, 2.75) is 18.1 Å². The number of ether oxygens (including phenoxy) is 2. The van der Waals surface area contributed by atoms with E-state index in [-0.39, 0.29) is 12.4 Å². The maximum Gasteiger partial charge on any atom is 0.271 e. The number of hydrogen-bond donors (Lipinski definition) is 1. The summed E-state index contributed by atoms with van der Waals surface area (Å²) in [5, 5.41) is 4.20. The summed E-state index contributed by atoms with van der Waals surface area (Å²) in [6.07, 6.45) is -0.857. The molecule has 0 fully saturated rings. The van der Waals surface area contributed by atoms with Crippen LogP contribution in [0.1, 0.15) is 5.56 Å². The van der Waals surface area contributed by atoms with E-state index >= 15 is 0 Å². The van der Waals surface area contributed by atoms with E-state index in [0.717, 1.165) is 21.5 Å². The van der Waals surface area contributed by atoms with E-state index in [9.17, 15) is 9.59 Å². The quantitative estimate of drug-likeness (QED) is 0.685. The number of imide groups is 1. The highest BCUT2D eigenvalue weighted by Crippen LogP contribution is 2.31. The van der Waals surface area contributed by atoms with Crippen LogP contribution in [0.3, 0.4) is 0 Å². The van der Waals surface area contributed by atoms with Crippen molar-refractivity contribution in [3.05, 3.63) is 60.2 Å². The van der Waals surface area contributed by atoms with Crippen molar-refractivity contribution in [1.29, 1.82) is 0 Å². The van der Waals surface area contributed by atoms with Crippen molar-refractivity contribution in [2.24, 2.45) is 0 Å². The van der Waals surface area contributed by atoms with Crippen LogP contribution in [0.5, 0.6) is 11.5 Å². The molecule has 0 saturated heterocycles. The highest BCUT2D eigenvalue weighted by atomic mass is 32.2. The fourth-order valence-electron chi connectivity index (χ4n) is 2.93. The number of nitrogens with one attached hydrogen (secondary N) is 1. The van der Waals surface area contributed by atoms with Gasteiger partial charge in [0.25, 0.3) is 5.91 Å². The summed E-state index contributed by atoms with van der Waals surface area (Å²) in [5.74, 6) is 0.256. The highest BCUT2D eigenvalue weighted by molar-refractivity contribution is 7.99. The van der Waals surface area contributed by atoms with Crippen molar-refractivity contribution in [2.75, 3.05) is 12.4 Å². The average Bonchev–Trinajstić information content (AvgIpc) is 2.72. The third kappa shape index (κ3) is 3.94. The molecule has 1 aliphatic rings. The number of carbonyl (C=O) groups is 2. The first kappa shape index (κ1) is 18.3.